The topological polar surface area (TPSA) is 101 Å². The fourth-order valence-corrected chi connectivity index (χ4v) is 4.31. The predicted octanol–water partition coefficient (Wildman–Crippen LogP) is 5.70. The molecule has 184 valence electrons. The van der Waals surface area contributed by atoms with E-state index in [-0.39, 0.29) is 0 Å². The van der Waals surface area contributed by atoms with Crippen molar-refractivity contribution in [3.8, 4) is 0 Å². The average Bonchev–Trinajstić information content (AvgIpc) is 3.02. The lowest BCUT2D eigenvalue weighted by Gasteiger charge is -2.18. The van der Waals surface area contributed by atoms with Crippen LogP contribution in [0.5, 0.6) is 0 Å². The standard InChI is InChI=1S/C25H29Cl2N7O/c1-15-12-18(6-5-10-28-20-9-11-29-21-13-17(26)7-8-19(20)21)31-24(30-15)32-22-16(2)34(33-23(22)27)14-25(3,4)35/h7-9,11-13,35H,5-6,10,14H2,1-4H3,(H,28,29)(H,30,31,32). The maximum Gasteiger partial charge on any atom is 0.227 e. The van der Waals surface area contributed by atoms with E-state index < -0.39 is 5.60 Å². The predicted molar refractivity (Wildman–Crippen MR) is 142 cm³/mol. The zero-order chi connectivity index (χ0) is 25.2. The molecule has 8 nitrogen and oxygen atoms in total. The largest absolute Gasteiger partial charge is 0.389 e. The average molecular weight is 514 g/mol. The Morgan fingerprint density at radius 2 is 1.89 bits per heavy atom. The fraction of sp³-hybridized carbons (Fsp3) is 0.360. The third-order valence-electron chi connectivity index (χ3n) is 5.47. The van der Waals surface area contributed by atoms with Crippen LogP contribution in [0.4, 0.5) is 17.3 Å². The number of aryl methyl sites for hydroxylation is 2. The molecule has 0 aliphatic heterocycles. The van der Waals surface area contributed by atoms with Crippen LogP contribution in [0.15, 0.2) is 36.5 Å². The number of halogens is 2. The first-order chi connectivity index (χ1) is 16.6. The van der Waals surface area contributed by atoms with Crippen LogP contribution in [0.25, 0.3) is 10.9 Å². The van der Waals surface area contributed by atoms with Crippen LogP contribution in [0, 0.1) is 13.8 Å². The molecule has 0 atom stereocenters. The Labute approximate surface area is 214 Å². The highest BCUT2D eigenvalue weighted by atomic mass is 35.5. The molecule has 35 heavy (non-hydrogen) atoms. The lowest BCUT2D eigenvalue weighted by molar-refractivity contribution is 0.0571. The van der Waals surface area contributed by atoms with Gasteiger partial charge in [0.2, 0.25) is 5.95 Å². The number of benzene rings is 1. The summed E-state index contributed by atoms with van der Waals surface area (Å²) in [5.74, 6) is 0.470. The molecule has 1 aromatic carbocycles. The molecule has 0 unspecified atom stereocenters. The van der Waals surface area contributed by atoms with E-state index in [9.17, 15) is 5.11 Å². The van der Waals surface area contributed by atoms with Gasteiger partial charge in [0.25, 0.3) is 0 Å². The van der Waals surface area contributed by atoms with Gasteiger partial charge in [0.1, 0.15) is 5.69 Å². The maximum atomic E-state index is 10.1. The molecule has 0 spiro atoms. The Balaban J connectivity index is 1.41. The van der Waals surface area contributed by atoms with Crippen LogP contribution in [-0.2, 0) is 13.0 Å². The van der Waals surface area contributed by atoms with Gasteiger partial charge in [-0.05, 0) is 70.9 Å². The second kappa shape index (κ2) is 10.4. The molecule has 0 aliphatic rings. The van der Waals surface area contributed by atoms with E-state index in [1.54, 1.807) is 24.7 Å². The van der Waals surface area contributed by atoms with Gasteiger partial charge in [-0.3, -0.25) is 9.67 Å². The van der Waals surface area contributed by atoms with Crippen molar-refractivity contribution >= 4 is 51.4 Å². The smallest absolute Gasteiger partial charge is 0.227 e. The molecule has 3 aromatic heterocycles. The summed E-state index contributed by atoms with van der Waals surface area (Å²) >= 11 is 12.5. The normalized spacial score (nSPS) is 11.7. The molecular weight excluding hydrogens is 485 g/mol. The van der Waals surface area contributed by atoms with Crippen LogP contribution in [0.3, 0.4) is 0 Å². The SMILES string of the molecule is Cc1cc(CCCNc2ccnc3cc(Cl)ccc23)nc(Nc2c(Cl)nn(CC(C)(C)O)c2C)n1. The molecule has 0 aliphatic carbocycles. The van der Waals surface area contributed by atoms with E-state index in [1.807, 2.05) is 44.2 Å². The summed E-state index contributed by atoms with van der Waals surface area (Å²) in [7, 11) is 0. The summed E-state index contributed by atoms with van der Waals surface area (Å²) in [6, 6.07) is 9.67. The Hall–Kier alpha value is -2.94. The molecule has 0 saturated carbocycles. The number of aromatic nitrogens is 5. The number of pyridine rings is 1. The van der Waals surface area contributed by atoms with Gasteiger partial charge in [0, 0.05) is 40.2 Å². The maximum absolute atomic E-state index is 10.1. The minimum absolute atomic E-state index is 0.313. The van der Waals surface area contributed by atoms with Crippen LogP contribution >= 0.6 is 23.2 Å². The van der Waals surface area contributed by atoms with E-state index in [1.165, 1.54) is 0 Å². The third kappa shape index (κ3) is 6.39. The Morgan fingerprint density at radius 1 is 1.09 bits per heavy atom. The molecule has 0 radical (unpaired) electrons. The monoisotopic (exact) mass is 513 g/mol. The van der Waals surface area contributed by atoms with E-state index >= 15 is 0 Å². The van der Waals surface area contributed by atoms with Crippen LogP contribution in [-0.4, -0.2) is 42.0 Å². The summed E-state index contributed by atoms with van der Waals surface area (Å²) in [5, 5.41) is 23.2. The minimum atomic E-state index is -0.909. The van der Waals surface area contributed by atoms with Gasteiger partial charge in [-0.25, -0.2) is 9.97 Å². The molecule has 4 rings (SSSR count). The minimum Gasteiger partial charge on any atom is -0.389 e. The number of hydrogen-bond donors (Lipinski definition) is 3. The first-order valence-corrected chi connectivity index (χ1v) is 12.2. The molecule has 4 aromatic rings. The second-order valence-corrected chi connectivity index (χ2v) is 10.0. The Morgan fingerprint density at radius 3 is 2.66 bits per heavy atom. The highest BCUT2D eigenvalue weighted by Gasteiger charge is 2.20. The van der Waals surface area contributed by atoms with E-state index in [2.05, 4.69) is 30.7 Å². The van der Waals surface area contributed by atoms with Crippen molar-refractivity contribution in [3.05, 3.63) is 63.8 Å². The van der Waals surface area contributed by atoms with Gasteiger partial charge < -0.3 is 15.7 Å². The molecule has 0 amide bonds. The van der Waals surface area contributed by atoms with E-state index in [4.69, 9.17) is 23.2 Å². The summed E-state index contributed by atoms with van der Waals surface area (Å²) in [6.45, 7) is 8.40. The molecule has 3 N–H and O–H groups in total. The molecule has 3 heterocycles. The fourth-order valence-electron chi connectivity index (χ4n) is 3.87. The summed E-state index contributed by atoms with van der Waals surface area (Å²) in [4.78, 5) is 13.6. The van der Waals surface area contributed by atoms with Crippen LogP contribution < -0.4 is 10.6 Å². The number of anilines is 3. The number of aliphatic hydroxyl groups is 1. The highest BCUT2D eigenvalue weighted by molar-refractivity contribution is 6.32. The summed E-state index contributed by atoms with van der Waals surface area (Å²) in [6.07, 6.45) is 3.45. The van der Waals surface area contributed by atoms with Crippen molar-refractivity contribution in [1.29, 1.82) is 0 Å². The van der Waals surface area contributed by atoms with Crippen molar-refractivity contribution < 1.29 is 5.11 Å². The third-order valence-corrected chi connectivity index (χ3v) is 5.97. The van der Waals surface area contributed by atoms with Gasteiger partial charge in [-0.15, -0.1) is 0 Å². The van der Waals surface area contributed by atoms with E-state index in [0.29, 0.717) is 28.4 Å². The Kier molecular flexibility index (Phi) is 7.44. The number of hydrogen-bond acceptors (Lipinski definition) is 7. The number of fused-ring (bicyclic) bond motifs is 1. The quantitative estimate of drug-likeness (QED) is 0.246. The molecule has 0 fully saturated rings. The zero-order valence-electron chi connectivity index (χ0n) is 20.2. The first kappa shape index (κ1) is 25.2. The molecular formula is C25H29Cl2N7O. The Bertz CT molecular complexity index is 1350. The highest BCUT2D eigenvalue weighted by Crippen LogP contribution is 2.28. The van der Waals surface area contributed by atoms with Gasteiger partial charge in [0.15, 0.2) is 5.15 Å². The van der Waals surface area contributed by atoms with Crippen molar-refractivity contribution in [1.82, 2.24) is 24.7 Å². The van der Waals surface area contributed by atoms with Gasteiger partial charge in [-0.2, -0.15) is 5.10 Å². The van der Waals surface area contributed by atoms with Crippen molar-refractivity contribution in [2.45, 2.75) is 52.7 Å². The number of nitrogens with zero attached hydrogens (tertiary/aromatic N) is 5. The van der Waals surface area contributed by atoms with Crippen molar-refractivity contribution in [2.24, 2.45) is 0 Å². The van der Waals surface area contributed by atoms with Crippen molar-refractivity contribution in [2.75, 3.05) is 17.2 Å². The molecule has 0 bridgehead atoms. The van der Waals surface area contributed by atoms with Crippen molar-refractivity contribution in [3.63, 3.8) is 0 Å². The van der Waals surface area contributed by atoms with Gasteiger partial charge >= 0.3 is 0 Å². The van der Waals surface area contributed by atoms with Crippen LogP contribution in [0.1, 0.15) is 37.4 Å². The zero-order valence-corrected chi connectivity index (χ0v) is 21.7. The number of rotatable bonds is 9. The number of nitrogens with one attached hydrogen (secondary N) is 2. The summed E-state index contributed by atoms with van der Waals surface area (Å²) in [5.41, 5.74) is 4.22. The first-order valence-electron chi connectivity index (χ1n) is 11.4. The van der Waals surface area contributed by atoms with Crippen LogP contribution in [0.2, 0.25) is 10.2 Å². The molecule has 10 heteroatoms. The van der Waals surface area contributed by atoms with E-state index in [0.717, 1.165) is 53.1 Å². The lowest BCUT2D eigenvalue weighted by atomic mass is 10.1. The second-order valence-electron chi connectivity index (χ2n) is 9.22. The lowest BCUT2D eigenvalue weighted by Crippen LogP contribution is -2.27. The molecule has 0 saturated heterocycles. The summed E-state index contributed by atoms with van der Waals surface area (Å²) < 4.78 is 1.68. The van der Waals surface area contributed by atoms with Gasteiger partial charge in [0.05, 0.1) is 23.4 Å². The van der Waals surface area contributed by atoms with Gasteiger partial charge in [-0.1, -0.05) is 23.2 Å².